The summed E-state index contributed by atoms with van der Waals surface area (Å²) in [6.07, 6.45) is -0.417. The molecule has 0 saturated carbocycles. The molecule has 0 atom stereocenters. The predicted molar refractivity (Wildman–Crippen MR) is 28.4 cm³/mol. The molecule has 50 valence electrons. The van der Waals surface area contributed by atoms with Crippen LogP contribution in [-0.2, 0) is 14.9 Å². The zero-order valence-corrected chi connectivity index (χ0v) is 5.51. The van der Waals surface area contributed by atoms with E-state index >= 15 is 0 Å². The maximum Gasteiger partial charge on any atom is 0.180 e. The van der Waals surface area contributed by atoms with Gasteiger partial charge in [-0.3, -0.25) is 0 Å². The van der Waals surface area contributed by atoms with Crippen LogP contribution in [0.1, 0.15) is 13.8 Å². The summed E-state index contributed by atoms with van der Waals surface area (Å²) in [6, 6.07) is 0. The Kier molecular flexibility index (Phi) is 13.5. The topological polar surface area (TPSA) is 49.0 Å². The minimum absolute atomic E-state index is 0.417. The average Bonchev–Trinajstić information content (AvgIpc) is 1.65. The van der Waals surface area contributed by atoms with Gasteiger partial charge in [0.05, 0.1) is 6.10 Å². The van der Waals surface area contributed by atoms with E-state index in [4.69, 9.17) is 5.11 Å². The van der Waals surface area contributed by atoms with Crippen LogP contribution in [0.2, 0.25) is 0 Å². The second kappa shape index (κ2) is 9.99. The maximum absolute atomic E-state index is 9.53. The van der Waals surface area contributed by atoms with Crippen molar-refractivity contribution in [3.05, 3.63) is 0 Å². The highest BCUT2D eigenvalue weighted by atomic mass is 16.6. The summed E-state index contributed by atoms with van der Waals surface area (Å²) in [6.45, 7) is 2.79. The Morgan fingerprint density at radius 1 is 1.50 bits per heavy atom. The summed E-state index contributed by atoms with van der Waals surface area (Å²) in [4.78, 5) is 0. The number of hydrogen-bond donors (Lipinski definition) is 0. The highest BCUT2D eigenvalue weighted by Crippen LogP contribution is 1.67. The highest BCUT2D eigenvalue weighted by Gasteiger charge is 1.73. The summed E-state index contributed by atoms with van der Waals surface area (Å²) in [5.74, 6) is 0. The molecule has 0 rings (SSSR count). The Morgan fingerprint density at radius 3 is 1.62 bits per heavy atom. The van der Waals surface area contributed by atoms with Crippen LogP contribution in [0.25, 0.3) is 0 Å². The van der Waals surface area contributed by atoms with Crippen molar-refractivity contribution >= 4 is 0 Å². The van der Waals surface area contributed by atoms with Gasteiger partial charge in [0.15, 0.2) is 6.79 Å². The van der Waals surface area contributed by atoms with Crippen molar-refractivity contribution in [1.82, 2.24) is 0 Å². The first kappa shape index (κ1) is 10.8. The third kappa shape index (κ3) is 181. The molecule has 0 aromatic carbocycles. The molecule has 0 aromatic heterocycles. The molecule has 0 aromatic rings. The molecule has 0 aliphatic carbocycles. The summed E-state index contributed by atoms with van der Waals surface area (Å²) >= 11 is 0. The third-order valence-electron chi connectivity index (χ3n) is 0.118. The third-order valence-corrected chi connectivity index (χ3v) is 0.118. The standard InChI is InChI=1S/C3H7O.C2H5O2/c1-3(2)4;1-4-2-3/h3H,1-2H3;2H2,1H3. The van der Waals surface area contributed by atoms with Crippen molar-refractivity contribution in [2.75, 3.05) is 13.9 Å². The van der Waals surface area contributed by atoms with E-state index < -0.39 is 12.9 Å². The Labute approximate surface area is 49.9 Å². The van der Waals surface area contributed by atoms with Crippen molar-refractivity contribution < 1.29 is 14.9 Å². The van der Waals surface area contributed by atoms with Crippen molar-refractivity contribution in [3.8, 4) is 0 Å². The van der Waals surface area contributed by atoms with Crippen LogP contribution in [0, 0.1) is 0 Å². The van der Waals surface area contributed by atoms with E-state index in [1.165, 1.54) is 7.11 Å². The molecule has 2 radical (unpaired) electrons. The number of hydrogen-bond acceptors (Lipinski definition) is 1. The van der Waals surface area contributed by atoms with E-state index in [9.17, 15) is 5.11 Å². The van der Waals surface area contributed by atoms with Crippen molar-refractivity contribution in [1.29, 1.82) is 0 Å². The molecule has 8 heavy (non-hydrogen) atoms. The fourth-order valence-corrected chi connectivity index (χ4v) is 0. The molecular formula is C5H12O3. The second-order valence-corrected chi connectivity index (χ2v) is 1.46. The predicted octanol–water partition coefficient (Wildman–Crippen LogP) is 0.846. The highest BCUT2D eigenvalue weighted by molar-refractivity contribution is 4.20. The van der Waals surface area contributed by atoms with E-state index in [1.807, 2.05) is 0 Å². The minimum Gasteiger partial charge on any atom is -0.355 e. The van der Waals surface area contributed by atoms with Gasteiger partial charge in [-0.1, -0.05) is 0 Å². The largest absolute Gasteiger partial charge is 0.355 e. The second-order valence-electron chi connectivity index (χ2n) is 1.46. The molecule has 0 fully saturated rings. The summed E-state index contributed by atoms with van der Waals surface area (Å²) in [5.41, 5.74) is 0. The first-order valence-corrected chi connectivity index (χ1v) is 2.38. The lowest BCUT2D eigenvalue weighted by Gasteiger charge is -1.74. The first-order valence-electron chi connectivity index (χ1n) is 2.38. The number of ether oxygens (including phenoxy) is 1. The first-order chi connectivity index (χ1) is 3.65. The van der Waals surface area contributed by atoms with Crippen molar-refractivity contribution in [3.63, 3.8) is 0 Å². The molecule has 0 aliphatic heterocycles. The van der Waals surface area contributed by atoms with Gasteiger partial charge in [-0.2, -0.15) is 0 Å². The summed E-state index contributed by atoms with van der Waals surface area (Å²) in [7, 11) is 1.37. The molecule has 3 heteroatoms. The smallest absolute Gasteiger partial charge is 0.180 e. The SMILES string of the molecule is CC(C)[O].COC[O]. The van der Waals surface area contributed by atoms with Crippen LogP contribution in [0.4, 0.5) is 0 Å². The molecule has 0 aliphatic rings. The molecule has 0 N–H and O–H groups in total. The Morgan fingerprint density at radius 2 is 1.62 bits per heavy atom. The lowest BCUT2D eigenvalue weighted by atomic mass is 10.5. The van der Waals surface area contributed by atoms with Crippen LogP contribution in [0.15, 0.2) is 0 Å². The fourth-order valence-electron chi connectivity index (χ4n) is 0. The van der Waals surface area contributed by atoms with Crippen LogP contribution < -0.4 is 0 Å². The molecule has 0 unspecified atom stereocenters. The quantitative estimate of drug-likeness (QED) is 0.473. The Balaban J connectivity index is 0. The van der Waals surface area contributed by atoms with Crippen LogP contribution in [0.3, 0.4) is 0 Å². The molecular weight excluding hydrogens is 108 g/mol. The molecule has 0 spiro atoms. The average molecular weight is 120 g/mol. The van der Waals surface area contributed by atoms with E-state index in [-0.39, 0.29) is 0 Å². The van der Waals surface area contributed by atoms with Gasteiger partial charge in [0.2, 0.25) is 0 Å². The molecule has 3 nitrogen and oxygen atoms in total. The van der Waals surface area contributed by atoms with E-state index in [0.29, 0.717) is 0 Å². The van der Waals surface area contributed by atoms with Gasteiger partial charge >= 0.3 is 0 Å². The zero-order valence-electron chi connectivity index (χ0n) is 5.51. The van der Waals surface area contributed by atoms with Crippen LogP contribution in [0.5, 0.6) is 0 Å². The van der Waals surface area contributed by atoms with E-state index in [1.54, 1.807) is 13.8 Å². The fraction of sp³-hybridized carbons (Fsp3) is 1.00. The van der Waals surface area contributed by atoms with Gasteiger partial charge in [0.25, 0.3) is 0 Å². The van der Waals surface area contributed by atoms with Gasteiger partial charge in [0.1, 0.15) is 0 Å². The molecule has 0 bridgehead atoms. The maximum atomic E-state index is 9.53. The number of rotatable bonds is 1. The molecule has 0 heterocycles. The summed E-state index contributed by atoms with van der Waals surface area (Å²) < 4.78 is 3.99. The van der Waals surface area contributed by atoms with Gasteiger partial charge in [-0.25, -0.2) is 10.2 Å². The lowest BCUT2D eigenvalue weighted by Crippen LogP contribution is -1.81. The molecule has 0 saturated heterocycles. The number of methoxy groups -OCH3 is 1. The monoisotopic (exact) mass is 120 g/mol. The van der Waals surface area contributed by atoms with E-state index in [0.717, 1.165) is 0 Å². The Bertz CT molecular complexity index is 24.1. The van der Waals surface area contributed by atoms with Crippen molar-refractivity contribution in [2.24, 2.45) is 0 Å². The molecule has 0 amide bonds. The normalized spacial score (nSPS) is 8.25. The van der Waals surface area contributed by atoms with Gasteiger partial charge in [-0.15, -0.1) is 0 Å². The van der Waals surface area contributed by atoms with Crippen LogP contribution in [-0.4, -0.2) is 20.0 Å². The van der Waals surface area contributed by atoms with Gasteiger partial charge in [-0.05, 0) is 13.8 Å². The summed E-state index contributed by atoms with van der Waals surface area (Å²) in [5, 5.41) is 18.6. The zero-order chi connectivity index (χ0) is 6.99. The van der Waals surface area contributed by atoms with E-state index in [2.05, 4.69) is 4.74 Å². The Hall–Kier alpha value is -0.120. The van der Waals surface area contributed by atoms with Crippen molar-refractivity contribution in [2.45, 2.75) is 20.0 Å². The lowest BCUT2D eigenvalue weighted by molar-refractivity contribution is -0.0165. The minimum atomic E-state index is -0.431. The van der Waals surface area contributed by atoms with Gasteiger partial charge < -0.3 is 4.74 Å². The van der Waals surface area contributed by atoms with Gasteiger partial charge in [0, 0.05) is 7.11 Å². The van der Waals surface area contributed by atoms with Crippen LogP contribution >= 0.6 is 0 Å².